The first-order chi connectivity index (χ1) is 12.5. The molecular weight excluding hydrogens is 348 g/mol. The van der Waals surface area contributed by atoms with Crippen molar-refractivity contribution in [1.29, 1.82) is 0 Å². The Labute approximate surface area is 155 Å². The molecule has 0 fully saturated rings. The Morgan fingerprint density at radius 3 is 1.96 bits per heavy atom. The molecule has 6 heteroatoms. The zero-order valence-corrected chi connectivity index (χ0v) is 14.8. The van der Waals surface area contributed by atoms with Gasteiger partial charge in [-0.05, 0) is 55.5 Å². The molecule has 0 radical (unpaired) electrons. The van der Waals surface area contributed by atoms with E-state index >= 15 is 0 Å². The molecule has 0 heterocycles. The number of nitro groups is 1. The van der Waals surface area contributed by atoms with Gasteiger partial charge in [0.15, 0.2) is 0 Å². The SMILES string of the molecule is Cc1ccc(Sc2ccc(NC(=O)c3ccc([N+](=O)[O-])cc3)cc2)cc1. The van der Waals surface area contributed by atoms with E-state index in [9.17, 15) is 14.9 Å². The summed E-state index contributed by atoms with van der Waals surface area (Å²) >= 11 is 1.65. The van der Waals surface area contributed by atoms with Gasteiger partial charge in [0.05, 0.1) is 4.92 Å². The van der Waals surface area contributed by atoms with Crippen LogP contribution in [0, 0.1) is 17.0 Å². The lowest BCUT2D eigenvalue weighted by Gasteiger charge is -2.07. The number of anilines is 1. The van der Waals surface area contributed by atoms with Crippen molar-refractivity contribution in [3.63, 3.8) is 0 Å². The van der Waals surface area contributed by atoms with Crippen LogP contribution in [0.1, 0.15) is 15.9 Å². The summed E-state index contributed by atoms with van der Waals surface area (Å²) in [5.41, 5.74) is 2.22. The van der Waals surface area contributed by atoms with Crippen LogP contribution in [0.3, 0.4) is 0 Å². The summed E-state index contributed by atoms with van der Waals surface area (Å²) in [4.78, 5) is 24.6. The Hall–Kier alpha value is -3.12. The number of nitro benzene ring substituents is 1. The molecule has 3 aromatic rings. The van der Waals surface area contributed by atoms with E-state index in [4.69, 9.17) is 0 Å². The fraction of sp³-hybridized carbons (Fsp3) is 0.0500. The van der Waals surface area contributed by atoms with Crippen LogP contribution in [0.5, 0.6) is 0 Å². The lowest BCUT2D eigenvalue weighted by molar-refractivity contribution is -0.384. The van der Waals surface area contributed by atoms with Gasteiger partial charge in [0.1, 0.15) is 0 Å². The van der Waals surface area contributed by atoms with Gasteiger partial charge in [-0.15, -0.1) is 0 Å². The maximum atomic E-state index is 12.2. The molecule has 0 unspecified atom stereocenters. The molecule has 3 aromatic carbocycles. The maximum Gasteiger partial charge on any atom is 0.269 e. The molecule has 0 aliphatic carbocycles. The Kier molecular flexibility index (Phi) is 5.34. The minimum Gasteiger partial charge on any atom is -0.322 e. The van der Waals surface area contributed by atoms with Crippen molar-refractivity contribution in [3.8, 4) is 0 Å². The molecule has 0 saturated carbocycles. The van der Waals surface area contributed by atoms with Gasteiger partial charge in [-0.25, -0.2) is 0 Å². The summed E-state index contributed by atoms with van der Waals surface area (Å²) in [6.45, 7) is 2.05. The lowest BCUT2D eigenvalue weighted by Crippen LogP contribution is -2.11. The highest BCUT2D eigenvalue weighted by Gasteiger charge is 2.09. The molecule has 0 aromatic heterocycles. The summed E-state index contributed by atoms with van der Waals surface area (Å²) in [7, 11) is 0. The quantitative estimate of drug-likeness (QED) is 0.492. The third-order valence-corrected chi connectivity index (χ3v) is 4.72. The summed E-state index contributed by atoms with van der Waals surface area (Å²) in [6, 6.07) is 21.3. The van der Waals surface area contributed by atoms with Crippen LogP contribution >= 0.6 is 11.8 Å². The van der Waals surface area contributed by atoms with Crippen molar-refractivity contribution in [2.24, 2.45) is 0 Å². The van der Waals surface area contributed by atoms with Crippen LogP contribution < -0.4 is 5.32 Å². The van der Waals surface area contributed by atoms with Gasteiger partial charge in [0, 0.05) is 33.2 Å². The second-order valence-corrected chi connectivity index (χ2v) is 6.84. The van der Waals surface area contributed by atoms with Crippen molar-refractivity contribution < 1.29 is 9.72 Å². The first kappa shape index (κ1) is 17.7. The largest absolute Gasteiger partial charge is 0.322 e. The van der Waals surface area contributed by atoms with Crippen LogP contribution in [0.15, 0.2) is 82.6 Å². The Morgan fingerprint density at radius 2 is 1.42 bits per heavy atom. The first-order valence-corrected chi connectivity index (χ1v) is 8.73. The fourth-order valence-electron chi connectivity index (χ4n) is 2.29. The van der Waals surface area contributed by atoms with Gasteiger partial charge >= 0.3 is 0 Å². The van der Waals surface area contributed by atoms with Gasteiger partial charge in [-0.3, -0.25) is 14.9 Å². The van der Waals surface area contributed by atoms with Crippen molar-refractivity contribution in [2.75, 3.05) is 5.32 Å². The zero-order chi connectivity index (χ0) is 18.5. The first-order valence-electron chi connectivity index (χ1n) is 7.92. The smallest absolute Gasteiger partial charge is 0.269 e. The van der Waals surface area contributed by atoms with Gasteiger partial charge in [-0.2, -0.15) is 0 Å². The van der Waals surface area contributed by atoms with Gasteiger partial charge in [-0.1, -0.05) is 29.5 Å². The molecule has 0 bridgehead atoms. The van der Waals surface area contributed by atoms with E-state index < -0.39 is 4.92 Å². The monoisotopic (exact) mass is 364 g/mol. The molecule has 0 atom stereocenters. The van der Waals surface area contributed by atoms with Gasteiger partial charge < -0.3 is 5.32 Å². The number of non-ortho nitro benzene ring substituents is 1. The minimum atomic E-state index is -0.494. The molecular formula is C20H16N2O3S. The van der Waals surface area contributed by atoms with E-state index in [0.29, 0.717) is 11.3 Å². The number of carbonyl (C=O) groups is 1. The number of benzene rings is 3. The number of hydrogen-bond donors (Lipinski definition) is 1. The normalized spacial score (nSPS) is 10.3. The number of rotatable bonds is 5. The molecule has 0 saturated heterocycles. The van der Waals surface area contributed by atoms with E-state index in [1.165, 1.54) is 29.8 Å². The van der Waals surface area contributed by atoms with E-state index in [1.54, 1.807) is 11.8 Å². The Bertz CT molecular complexity index is 921. The van der Waals surface area contributed by atoms with Crippen LogP contribution in [0.4, 0.5) is 11.4 Å². The lowest BCUT2D eigenvalue weighted by atomic mass is 10.2. The van der Waals surface area contributed by atoms with E-state index in [1.807, 2.05) is 24.3 Å². The predicted molar refractivity (Wildman–Crippen MR) is 103 cm³/mol. The van der Waals surface area contributed by atoms with Gasteiger partial charge in [0.2, 0.25) is 0 Å². The topological polar surface area (TPSA) is 72.2 Å². The van der Waals surface area contributed by atoms with Crippen molar-refractivity contribution >= 4 is 29.0 Å². The standard InChI is InChI=1S/C20H16N2O3S/c1-14-2-10-18(11-3-14)26-19-12-6-16(7-13-19)21-20(23)15-4-8-17(9-5-15)22(24)25/h2-13H,1H3,(H,21,23). The average molecular weight is 364 g/mol. The highest BCUT2D eigenvalue weighted by atomic mass is 32.2. The van der Waals surface area contributed by atoms with Crippen molar-refractivity contribution in [2.45, 2.75) is 16.7 Å². The molecule has 0 aliphatic heterocycles. The number of nitrogens with zero attached hydrogens (tertiary/aromatic N) is 1. The number of amides is 1. The van der Waals surface area contributed by atoms with Crippen molar-refractivity contribution in [1.82, 2.24) is 0 Å². The van der Waals surface area contributed by atoms with Crippen LogP contribution in [-0.2, 0) is 0 Å². The molecule has 3 rings (SSSR count). The summed E-state index contributed by atoms with van der Waals surface area (Å²) in [5.74, 6) is -0.307. The molecule has 0 aliphatic rings. The molecule has 1 amide bonds. The van der Waals surface area contributed by atoms with E-state index in [0.717, 1.165) is 9.79 Å². The van der Waals surface area contributed by atoms with Gasteiger partial charge in [0.25, 0.3) is 11.6 Å². The number of nitrogens with one attached hydrogen (secondary N) is 1. The highest BCUT2D eigenvalue weighted by molar-refractivity contribution is 7.99. The average Bonchev–Trinajstić information content (AvgIpc) is 2.65. The third-order valence-electron chi connectivity index (χ3n) is 3.71. The van der Waals surface area contributed by atoms with E-state index in [2.05, 4.69) is 36.5 Å². The minimum absolute atomic E-state index is 0.0426. The molecule has 5 nitrogen and oxygen atoms in total. The predicted octanol–water partition coefficient (Wildman–Crippen LogP) is 5.31. The second kappa shape index (κ2) is 7.84. The Morgan fingerprint density at radius 1 is 0.885 bits per heavy atom. The number of hydrogen-bond acceptors (Lipinski definition) is 4. The van der Waals surface area contributed by atoms with Crippen LogP contribution in [0.2, 0.25) is 0 Å². The van der Waals surface area contributed by atoms with Crippen LogP contribution in [-0.4, -0.2) is 10.8 Å². The summed E-state index contributed by atoms with van der Waals surface area (Å²) in [6.07, 6.45) is 0. The molecule has 26 heavy (non-hydrogen) atoms. The van der Waals surface area contributed by atoms with Crippen LogP contribution in [0.25, 0.3) is 0 Å². The fourth-order valence-corrected chi connectivity index (χ4v) is 3.10. The second-order valence-electron chi connectivity index (χ2n) is 5.70. The highest BCUT2D eigenvalue weighted by Crippen LogP contribution is 2.28. The molecule has 1 N–H and O–H groups in total. The maximum absolute atomic E-state index is 12.2. The summed E-state index contributed by atoms with van der Waals surface area (Å²) in [5, 5.41) is 13.4. The molecule has 130 valence electrons. The number of aryl methyl sites for hydroxylation is 1. The molecule has 0 spiro atoms. The number of carbonyl (C=O) groups excluding carboxylic acids is 1. The third kappa shape index (κ3) is 4.49. The van der Waals surface area contributed by atoms with Crippen molar-refractivity contribution in [3.05, 3.63) is 94.0 Å². The van der Waals surface area contributed by atoms with E-state index in [-0.39, 0.29) is 11.6 Å². The zero-order valence-electron chi connectivity index (χ0n) is 14.0. The summed E-state index contributed by atoms with van der Waals surface area (Å²) < 4.78 is 0. The Balaban J connectivity index is 1.64.